The van der Waals surface area contributed by atoms with Gasteiger partial charge in [0, 0.05) is 13.2 Å². The van der Waals surface area contributed by atoms with Crippen LogP contribution in [0.5, 0.6) is 5.88 Å². The van der Waals surface area contributed by atoms with Crippen LogP contribution in [0, 0.1) is 6.92 Å². The lowest BCUT2D eigenvalue weighted by molar-refractivity contribution is 0.0176. The quantitative estimate of drug-likeness (QED) is 0.640. The maximum atomic E-state index is 5.67. The third kappa shape index (κ3) is 6.95. The molecule has 0 bridgehead atoms. The first-order valence-electron chi connectivity index (χ1n) is 6.24. The first-order valence-corrected chi connectivity index (χ1v) is 6.24. The fourth-order valence-corrected chi connectivity index (χ4v) is 1.30. The predicted octanol–water partition coefficient (Wildman–Crippen LogP) is 1.03. The third-order valence-electron chi connectivity index (χ3n) is 2.38. The number of nitrogen functional groups attached to an aromatic ring is 1. The highest BCUT2D eigenvalue weighted by Gasteiger charge is 1.99. The zero-order chi connectivity index (χ0) is 13.9. The van der Waals surface area contributed by atoms with Crippen LogP contribution in [-0.2, 0) is 14.2 Å². The SMILES string of the molecule is COCCOCCOCCOc1ccc(N)c(C)n1. The van der Waals surface area contributed by atoms with Gasteiger partial charge in [0.2, 0.25) is 5.88 Å². The summed E-state index contributed by atoms with van der Waals surface area (Å²) in [6, 6.07) is 3.53. The van der Waals surface area contributed by atoms with E-state index in [1.807, 2.05) is 6.92 Å². The van der Waals surface area contributed by atoms with E-state index in [1.54, 1.807) is 19.2 Å². The van der Waals surface area contributed by atoms with Crippen LogP contribution in [0.15, 0.2) is 12.1 Å². The average molecular weight is 270 g/mol. The number of hydrogen-bond donors (Lipinski definition) is 1. The fraction of sp³-hybridized carbons (Fsp3) is 0.615. The van der Waals surface area contributed by atoms with E-state index in [2.05, 4.69) is 4.98 Å². The monoisotopic (exact) mass is 270 g/mol. The maximum Gasteiger partial charge on any atom is 0.213 e. The van der Waals surface area contributed by atoms with Gasteiger partial charge in [0.05, 0.1) is 44.4 Å². The Labute approximate surface area is 113 Å². The summed E-state index contributed by atoms with van der Waals surface area (Å²) in [5.74, 6) is 0.562. The summed E-state index contributed by atoms with van der Waals surface area (Å²) < 4.78 is 20.9. The molecule has 0 aromatic carbocycles. The minimum atomic E-state index is 0.453. The highest BCUT2D eigenvalue weighted by atomic mass is 16.6. The molecule has 0 aliphatic carbocycles. The van der Waals surface area contributed by atoms with Gasteiger partial charge in [-0.2, -0.15) is 0 Å². The normalized spacial score (nSPS) is 10.6. The molecule has 0 saturated heterocycles. The van der Waals surface area contributed by atoms with Gasteiger partial charge in [-0.15, -0.1) is 0 Å². The Hall–Kier alpha value is -1.37. The van der Waals surface area contributed by atoms with Gasteiger partial charge in [0.1, 0.15) is 6.61 Å². The van der Waals surface area contributed by atoms with Crippen molar-refractivity contribution in [1.82, 2.24) is 4.98 Å². The minimum Gasteiger partial charge on any atom is -0.475 e. The first kappa shape index (κ1) is 15.7. The Morgan fingerprint density at radius 1 is 1.00 bits per heavy atom. The zero-order valence-corrected chi connectivity index (χ0v) is 11.6. The largest absolute Gasteiger partial charge is 0.475 e. The molecule has 6 heteroatoms. The lowest BCUT2D eigenvalue weighted by Crippen LogP contribution is -2.12. The van der Waals surface area contributed by atoms with E-state index in [9.17, 15) is 0 Å². The number of rotatable bonds is 10. The Morgan fingerprint density at radius 3 is 2.26 bits per heavy atom. The van der Waals surface area contributed by atoms with Crippen LogP contribution in [-0.4, -0.2) is 51.7 Å². The number of ether oxygens (including phenoxy) is 4. The molecule has 0 atom stereocenters. The van der Waals surface area contributed by atoms with E-state index >= 15 is 0 Å². The fourth-order valence-electron chi connectivity index (χ4n) is 1.30. The van der Waals surface area contributed by atoms with Crippen LogP contribution in [0.25, 0.3) is 0 Å². The number of pyridine rings is 1. The summed E-state index contributed by atoms with van der Waals surface area (Å²) in [5, 5.41) is 0. The van der Waals surface area contributed by atoms with Crippen molar-refractivity contribution in [2.24, 2.45) is 0 Å². The molecule has 6 nitrogen and oxygen atoms in total. The van der Waals surface area contributed by atoms with Gasteiger partial charge in [-0.3, -0.25) is 0 Å². The second kappa shape index (κ2) is 9.55. The second-order valence-electron chi connectivity index (χ2n) is 3.89. The molecule has 0 spiro atoms. The van der Waals surface area contributed by atoms with Gasteiger partial charge in [-0.25, -0.2) is 4.98 Å². The molecular formula is C13H22N2O4. The first-order chi connectivity index (χ1) is 9.24. The predicted molar refractivity (Wildman–Crippen MR) is 72.4 cm³/mol. The molecule has 2 N–H and O–H groups in total. The van der Waals surface area contributed by atoms with Crippen molar-refractivity contribution in [3.63, 3.8) is 0 Å². The Balaban J connectivity index is 2.00. The number of nitrogens with zero attached hydrogens (tertiary/aromatic N) is 1. The molecule has 0 fully saturated rings. The van der Waals surface area contributed by atoms with E-state index < -0.39 is 0 Å². The molecule has 0 saturated carbocycles. The van der Waals surface area contributed by atoms with Crippen molar-refractivity contribution in [3.8, 4) is 5.88 Å². The molecule has 0 aliphatic heterocycles. The molecule has 0 aliphatic rings. The molecule has 1 heterocycles. The van der Waals surface area contributed by atoms with Gasteiger partial charge in [-0.1, -0.05) is 0 Å². The summed E-state index contributed by atoms with van der Waals surface area (Å²) in [4.78, 5) is 4.20. The average Bonchev–Trinajstić information content (AvgIpc) is 2.41. The van der Waals surface area contributed by atoms with E-state index in [-0.39, 0.29) is 0 Å². The molecule has 0 amide bonds. The molecule has 108 valence electrons. The Morgan fingerprint density at radius 2 is 1.63 bits per heavy atom. The standard InChI is InChI=1S/C13H22N2O4/c1-11-12(14)3-4-13(15-11)19-10-9-18-8-7-17-6-5-16-2/h3-4H,5-10,14H2,1-2H3. The van der Waals surface area contributed by atoms with Crippen molar-refractivity contribution < 1.29 is 18.9 Å². The van der Waals surface area contributed by atoms with E-state index in [0.29, 0.717) is 51.2 Å². The maximum absolute atomic E-state index is 5.67. The molecule has 19 heavy (non-hydrogen) atoms. The molecular weight excluding hydrogens is 248 g/mol. The number of hydrogen-bond acceptors (Lipinski definition) is 6. The summed E-state index contributed by atoms with van der Waals surface area (Å²) >= 11 is 0. The number of anilines is 1. The van der Waals surface area contributed by atoms with Gasteiger partial charge in [0.25, 0.3) is 0 Å². The van der Waals surface area contributed by atoms with Gasteiger partial charge >= 0.3 is 0 Å². The van der Waals surface area contributed by atoms with Crippen molar-refractivity contribution in [1.29, 1.82) is 0 Å². The van der Waals surface area contributed by atoms with Crippen LogP contribution in [0.2, 0.25) is 0 Å². The lowest BCUT2D eigenvalue weighted by atomic mass is 10.3. The highest BCUT2D eigenvalue weighted by molar-refractivity contribution is 5.43. The van der Waals surface area contributed by atoms with Crippen molar-refractivity contribution in [3.05, 3.63) is 17.8 Å². The van der Waals surface area contributed by atoms with Crippen molar-refractivity contribution in [2.45, 2.75) is 6.92 Å². The Kier molecular flexibility index (Phi) is 7.88. The highest BCUT2D eigenvalue weighted by Crippen LogP contribution is 2.13. The van der Waals surface area contributed by atoms with Crippen molar-refractivity contribution >= 4 is 5.69 Å². The summed E-state index contributed by atoms with van der Waals surface area (Å²) in [7, 11) is 1.64. The number of aryl methyl sites for hydroxylation is 1. The topological polar surface area (TPSA) is 75.8 Å². The number of methoxy groups -OCH3 is 1. The van der Waals surface area contributed by atoms with Crippen LogP contribution in [0.3, 0.4) is 0 Å². The minimum absolute atomic E-state index is 0.453. The zero-order valence-electron chi connectivity index (χ0n) is 11.6. The third-order valence-corrected chi connectivity index (χ3v) is 2.38. The Bertz CT molecular complexity index is 360. The molecule has 0 radical (unpaired) electrons. The smallest absolute Gasteiger partial charge is 0.213 e. The van der Waals surface area contributed by atoms with Crippen LogP contribution >= 0.6 is 0 Å². The summed E-state index contributed by atoms with van der Waals surface area (Å²) in [6.45, 7) is 5.09. The second-order valence-corrected chi connectivity index (χ2v) is 3.89. The summed E-state index contributed by atoms with van der Waals surface area (Å²) in [5.41, 5.74) is 7.10. The summed E-state index contributed by atoms with van der Waals surface area (Å²) in [6.07, 6.45) is 0. The molecule has 1 rings (SSSR count). The molecule has 0 unspecified atom stereocenters. The van der Waals surface area contributed by atoms with Gasteiger partial charge in [-0.05, 0) is 13.0 Å². The number of nitrogens with two attached hydrogens (primary N) is 1. The van der Waals surface area contributed by atoms with E-state index in [0.717, 1.165) is 5.69 Å². The lowest BCUT2D eigenvalue weighted by Gasteiger charge is -2.08. The van der Waals surface area contributed by atoms with Crippen LogP contribution < -0.4 is 10.5 Å². The van der Waals surface area contributed by atoms with Gasteiger partial charge < -0.3 is 24.7 Å². The van der Waals surface area contributed by atoms with Crippen LogP contribution in [0.4, 0.5) is 5.69 Å². The number of aromatic nitrogens is 1. The van der Waals surface area contributed by atoms with Gasteiger partial charge in [0.15, 0.2) is 0 Å². The van der Waals surface area contributed by atoms with Crippen molar-refractivity contribution in [2.75, 3.05) is 52.5 Å². The molecule has 1 aromatic heterocycles. The molecule has 1 aromatic rings. The van der Waals surface area contributed by atoms with E-state index in [4.69, 9.17) is 24.7 Å². The van der Waals surface area contributed by atoms with Crippen LogP contribution in [0.1, 0.15) is 5.69 Å². The van der Waals surface area contributed by atoms with E-state index in [1.165, 1.54) is 0 Å².